The van der Waals surface area contributed by atoms with Crippen molar-refractivity contribution in [2.24, 2.45) is 0 Å². The molecule has 112 valence electrons. The number of ether oxygens (including phenoxy) is 1. The van der Waals surface area contributed by atoms with Crippen molar-refractivity contribution in [2.75, 3.05) is 20.2 Å². The first kappa shape index (κ1) is 16.5. The van der Waals surface area contributed by atoms with Crippen LogP contribution in [-0.4, -0.2) is 32.1 Å². The molecule has 1 unspecified atom stereocenters. The van der Waals surface area contributed by atoms with Gasteiger partial charge >= 0.3 is 0 Å². The lowest BCUT2D eigenvalue weighted by molar-refractivity contribution is -0.123. The van der Waals surface area contributed by atoms with E-state index in [1.807, 2.05) is 27.0 Å². The zero-order valence-electron chi connectivity index (χ0n) is 13.1. The van der Waals surface area contributed by atoms with Crippen molar-refractivity contribution in [2.45, 2.75) is 39.7 Å². The molecule has 0 spiro atoms. The Morgan fingerprint density at radius 3 is 2.60 bits per heavy atom. The number of hydrogen-bond donors (Lipinski definition) is 2. The molecule has 2 N–H and O–H groups in total. The Labute approximate surface area is 121 Å². The highest BCUT2D eigenvalue weighted by Crippen LogP contribution is 2.27. The maximum Gasteiger partial charge on any atom is 0.257 e. The second kappa shape index (κ2) is 7.90. The molecule has 0 aliphatic carbocycles. The van der Waals surface area contributed by atoms with Crippen LogP contribution in [0.4, 0.5) is 0 Å². The summed E-state index contributed by atoms with van der Waals surface area (Å²) in [4.78, 5) is 11.7. The van der Waals surface area contributed by atoms with Crippen LogP contribution in [0, 0.1) is 6.92 Å². The molecule has 4 heteroatoms. The van der Waals surface area contributed by atoms with Gasteiger partial charge in [0.1, 0.15) is 5.75 Å². The molecule has 20 heavy (non-hydrogen) atoms. The molecule has 1 atom stereocenters. The second-order valence-electron chi connectivity index (χ2n) is 5.48. The van der Waals surface area contributed by atoms with Gasteiger partial charge in [0.15, 0.2) is 6.61 Å². The molecule has 1 rings (SSSR count). The molecule has 0 fully saturated rings. The normalized spacial score (nSPS) is 12.3. The first-order valence-electron chi connectivity index (χ1n) is 7.11. The molecule has 1 amide bonds. The predicted molar refractivity (Wildman–Crippen MR) is 82.3 cm³/mol. The quantitative estimate of drug-likeness (QED) is 0.804. The van der Waals surface area contributed by atoms with Gasteiger partial charge < -0.3 is 15.4 Å². The maximum atomic E-state index is 11.7. The molecular formula is C16H26N2O2. The van der Waals surface area contributed by atoms with Gasteiger partial charge in [0.05, 0.1) is 0 Å². The van der Waals surface area contributed by atoms with E-state index in [0.29, 0.717) is 12.5 Å². The van der Waals surface area contributed by atoms with Crippen molar-refractivity contribution >= 4 is 5.91 Å². The van der Waals surface area contributed by atoms with E-state index in [-0.39, 0.29) is 18.6 Å². The van der Waals surface area contributed by atoms with Crippen molar-refractivity contribution in [3.8, 4) is 5.75 Å². The van der Waals surface area contributed by atoms with Crippen LogP contribution in [0.3, 0.4) is 0 Å². The molecule has 0 saturated heterocycles. The van der Waals surface area contributed by atoms with E-state index in [0.717, 1.165) is 16.9 Å². The molecule has 0 heterocycles. The van der Waals surface area contributed by atoms with Gasteiger partial charge in [0.25, 0.3) is 5.91 Å². The zero-order valence-corrected chi connectivity index (χ0v) is 13.1. The van der Waals surface area contributed by atoms with Gasteiger partial charge in [-0.2, -0.15) is 0 Å². The summed E-state index contributed by atoms with van der Waals surface area (Å²) in [6.45, 7) is 8.92. The Morgan fingerprint density at radius 2 is 2.00 bits per heavy atom. The van der Waals surface area contributed by atoms with Crippen LogP contribution in [0.15, 0.2) is 18.2 Å². The van der Waals surface area contributed by atoms with E-state index < -0.39 is 0 Å². The van der Waals surface area contributed by atoms with Gasteiger partial charge in [-0.25, -0.2) is 0 Å². The van der Waals surface area contributed by atoms with Crippen molar-refractivity contribution in [3.05, 3.63) is 29.3 Å². The molecule has 0 saturated carbocycles. The van der Waals surface area contributed by atoms with Gasteiger partial charge in [-0.3, -0.25) is 4.79 Å². The lowest BCUT2D eigenvalue weighted by Gasteiger charge is -2.15. The summed E-state index contributed by atoms with van der Waals surface area (Å²) in [6, 6.07) is 6.37. The summed E-state index contributed by atoms with van der Waals surface area (Å²) in [7, 11) is 1.87. The molecule has 0 radical (unpaired) electrons. The van der Waals surface area contributed by atoms with Crippen LogP contribution >= 0.6 is 0 Å². The molecule has 0 bridgehead atoms. The number of nitrogens with one attached hydrogen (secondary N) is 2. The summed E-state index contributed by atoms with van der Waals surface area (Å²) >= 11 is 0. The van der Waals surface area contributed by atoms with E-state index in [1.165, 1.54) is 0 Å². The third-order valence-electron chi connectivity index (χ3n) is 3.25. The fraction of sp³-hybridized carbons (Fsp3) is 0.562. The minimum Gasteiger partial charge on any atom is -0.483 e. The molecular weight excluding hydrogens is 252 g/mol. The maximum absolute atomic E-state index is 11.7. The number of rotatable bonds is 7. The van der Waals surface area contributed by atoms with Crippen molar-refractivity contribution in [1.82, 2.24) is 10.6 Å². The Hall–Kier alpha value is -1.55. The summed E-state index contributed by atoms with van der Waals surface area (Å²) in [6.07, 6.45) is 0. The fourth-order valence-electron chi connectivity index (χ4n) is 1.81. The van der Waals surface area contributed by atoms with E-state index in [1.54, 1.807) is 0 Å². The standard InChI is InChI=1S/C16H26N2O2/c1-11(2)14-7-6-12(3)8-15(14)20-10-16(19)18-9-13(4)17-5/h6-8,11,13,17H,9-10H2,1-5H3,(H,18,19). The lowest BCUT2D eigenvalue weighted by Crippen LogP contribution is -2.39. The minimum absolute atomic E-state index is 0.0552. The largest absolute Gasteiger partial charge is 0.483 e. The summed E-state index contributed by atoms with van der Waals surface area (Å²) in [5, 5.41) is 5.91. The Kier molecular flexibility index (Phi) is 6.52. The topological polar surface area (TPSA) is 50.4 Å². The van der Waals surface area contributed by atoms with Gasteiger partial charge in [-0.1, -0.05) is 26.0 Å². The van der Waals surface area contributed by atoms with Crippen molar-refractivity contribution in [1.29, 1.82) is 0 Å². The molecule has 0 aliphatic rings. The number of amides is 1. The van der Waals surface area contributed by atoms with Crippen LogP contribution < -0.4 is 15.4 Å². The average molecular weight is 278 g/mol. The zero-order chi connectivity index (χ0) is 15.1. The first-order valence-corrected chi connectivity index (χ1v) is 7.11. The van der Waals surface area contributed by atoms with E-state index in [2.05, 4.69) is 36.6 Å². The first-order chi connectivity index (χ1) is 9.43. The van der Waals surface area contributed by atoms with Crippen LogP contribution in [0.25, 0.3) is 0 Å². The molecule has 0 aromatic heterocycles. The number of benzene rings is 1. The van der Waals surface area contributed by atoms with E-state index in [4.69, 9.17) is 4.74 Å². The van der Waals surface area contributed by atoms with Crippen LogP contribution in [0.5, 0.6) is 5.75 Å². The highest BCUT2D eigenvalue weighted by atomic mass is 16.5. The van der Waals surface area contributed by atoms with Crippen LogP contribution in [0.2, 0.25) is 0 Å². The average Bonchev–Trinajstić information content (AvgIpc) is 2.42. The van der Waals surface area contributed by atoms with Crippen LogP contribution in [0.1, 0.15) is 37.8 Å². The van der Waals surface area contributed by atoms with Crippen molar-refractivity contribution < 1.29 is 9.53 Å². The summed E-state index contributed by atoms with van der Waals surface area (Å²) < 4.78 is 5.67. The van der Waals surface area contributed by atoms with Gasteiger partial charge in [-0.05, 0) is 44.0 Å². The SMILES string of the molecule is CNC(C)CNC(=O)COc1cc(C)ccc1C(C)C. The third-order valence-corrected chi connectivity index (χ3v) is 3.25. The predicted octanol–water partition coefficient (Wildman–Crippen LogP) is 2.22. The van der Waals surface area contributed by atoms with Gasteiger partial charge in [0, 0.05) is 12.6 Å². The Bertz CT molecular complexity index is 444. The highest BCUT2D eigenvalue weighted by Gasteiger charge is 2.10. The third kappa shape index (κ3) is 5.21. The highest BCUT2D eigenvalue weighted by molar-refractivity contribution is 5.77. The fourth-order valence-corrected chi connectivity index (χ4v) is 1.81. The summed E-state index contributed by atoms with van der Waals surface area (Å²) in [5.41, 5.74) is 2.26. The van der Waals surface area contributed by atoms with Crippen LogP contribution in [-0.2, 0) is 4.79 Å². The molecule has 0 aliphatic heterocycles. The minimum atomic E-state index is -0.0942. The smallest absolute Gasteiger partial charge is 0.257 e. The van der Waals surface area contributed by atoms with Crippen molar-refractivity contribution in [3.63, 3.8) is 0 Å². The number of carbonyl (C=O) groups is 1. The Balaban J connectivity index is 2.56. The monoisotopic (exact) mass is 278 g/mol. The molecule has 1 aromatic carbocycles. The van der Waals surface area contributed by atoms with Gasteiger partial charge in [0.2, 0.25) is 0 Å². The number of hydrogen-bond acceptors (Lipinski definition) is 3. The van der Waals surface area contributed by atoms with E-state index >= 15 is 0 Å². The van der Waals surface area contributed by atoms with Gasteiger partial charge in [-0.15, -0.1) is 0 Å². The number of carbonyl (C=O) groups excluding carboxylic acids is 1. The number of aryl methyl sites for hydroxylation is 1. The summed E-state index contributed by atoms with van der Waals surface area (Å²) in [5.74, 6) is 1.08. The molecule has 4 nitrogen and oxygen atoms in total. The lowest BCUT2D eigenvalue weighted by atomic mass is 10.0. The molecule has 1 aromatic rings. The second-order valence-corrected chi connectivity index (χ2v) is 5.48. The number of likely N-dealkylation sites (N-methyl/N-ethyl adjacent to an activating group) is 1. The Morgan fingerprint density at radius 1 is 1.30 bits per heavy atom. The van der Waals surface area contributed by atoms with E-state index in [9.17, 15) is 4.79 Å².